The predicted octanol–water partition coefficient (Wildman–Crippen LogP) is 5.17. The van der Waals surface area contributed by atoms with Crippen LogP contribution in [0.1, 0.15) is 97.8 Å². The number of aliphatic hydroxyl groups is 3. The predicted molar refractivity (Wildman–Crippen MR) is 117 cm³/mol. The summed E-state index contributed by atoms with van der Waals surface area (Å²) in [5, 5.41) is 30.4. The normalized spacial score (nSPS) is 50.5. The van der Waals surface area contributed by atoms with E-state index in [9.17, 15) is 10.2 Å². The molecule has 3 N–H and O–H groups in total. The molecule has 4 saturated carbocycles. The van der Waals surface area contributed by atoms with Crippen molar-refractivity contribution in [1.29, 1.82) is 0 Å². The van der Waals surface area contributed by atoms with Gasteiger partial charge in [0.2, 0.25) is 0 Å². The Balaban J connectivity index is 1.48. The number of unbranched alkanes of at least 4 members (excludes halogenated alkanes) is 2. The SMILES string of the molecule is C[C@H](CCCCCO)[C@H]1CCC2C3C[C@H](O)[C@@H]4C[C@H](O)CC[C@]4(C)C3CC[C@@]21C. The van der Waals surface area contributed by atoms with Crippen molar-refractivity contribution in [2.75, 3.05) is 6.61 Å². The molecule has 0 aromatic rings. The van der Waals surface area contributed by atoms with Gasteiger partial charge < -0.3 is 15.3 Å². The minimum atomic E-state index is -0.214. The van der Waals surface area contributed by atoms with Crippen LogP contribution >= 0.6 is 0 Å². The fourth-order valence-electron chi connectivity index (χ4n) is 9.21. The summed E-state index contributed by atoms with van der Waals surface area (Å²) in [7, 11) is 0. The van der Waals surface area contributed by atoms with Gasteiger partial charge in [0.15, 0.2) is 0 Å². The summed E-state index contributed by atoms with van der Waals surface area (Å²) in [4.78, 5) is 0. The van der Waals surface area contributed by atoms with E-state index in [0.29, 0.717) is 23.9 Å². The molecule has 0 amide bonds. The molecule has 3 unspecified atom stereocenters. The van der Waals surface area contributed by atoms with Crippen molar-refractivity contribution >= 4 is 0 Å². The average molecular weight is 407 g/mol. The molecule has 29 heavy (non-hydrogen) atoms. The number of fused-ring (bicyclic) bond motifs is 5. The first-order valence-corrected chi connectivity index (χ1v) is 12.8. The van der Waals surface area contributed by atoms with Gasteiger partial charge in [0.1, 0.15) is 0 Å². The largest absolute Gasteiger partial charge is 0.396 e. The molecule has 0 radical (unpaired) electrons. The van der Waals surface area contributed by atoms with Crippen molar-refractivity contribution in [2.45, 2.75) is 110 Å². The van der Waals surface area contributed by atoms with Crippen LogP contribution in [0.5, 0.6) is 0 Å². The molecule has 4 aliphatic carbocycles. The number of hydrogen-bond donors (Lipinski definition) is 3. The van der Waals surface area contributed by atoms with E-state index < -0.39 is 0 Å². The molecule has 4 aliphatic rings. The van der Waals surface area contributed by atoms with E-state index in [2.05, 4.69) is 20.8 Å². The Bertz CT molecular complexity index is 564. The molecular weight excluding hydrogens is 360 g/mol. The molecular formula is C26H46O3. The Morgan fingerprint density at radius 2 is 1.55 bits per heavy atom. The highest BCUT2D eigenvalue weighted by molar-refractivity contribution is 5.11. The van der Waals surface area contributed by atoms with Gasteiger partial charge in [-0.25, -0.2) is 0 Å². The monoisotopic (exact) mass is 406 g/mol. The maximum absolute atomic E-state index is 11.1. The Morgan fingerprint density at radius 3 is 2.31 bits per heavy atom. The second-order valence-corrected chi connectivity index (χ2v) is 12.0. The number of rotatable bonds is 6. The second kappa shape index (κ2) is 8.43. The number of hydrogen-bond acceptors (Lipinski definition) is 3. The average Bonchev–Trinajstić information content (AvgIpc) is 3.04. The zero-order valence-corrected chi connectivity index (χ0v) is 19.2. The molecule has 0 aliphatic heterocycles. The van der Waals surface area contributed by atoms with Gasteiger partial charge in [-0.1, -0.05) is 40.0 Å². The van der Waals surface area contributed by atoms with Crippen LogP contribution in [0.15, 0.2) is 0 Å². The smallest absolute Gasteiger partial charge is 0.0577 e. The van der Waals surface area contributed by atoms with E-state index in [-0.39, 0.29) is 17.6 Å². The van der Waals surface area contributed by atoms with Crippen molar-refractivity contribution in [3.8, 4) is 0 Å². The summed E-state index contributed by atoms with van der Waals surface area (Å²) in [6.45, 7) is 7.88. The molecule has 0 aromatic heterocycles. The topological polar surface area (TPSA) is 60.7 Å². The van der Waals surface area contributed by atoms with Crippen LogP contribution in [-0.4, -0.2) is 34.1 Å². The van der Waals surface area contributed by atoms with Crippen LogP contribution < -0.4 is 0 Å². The van der Waals surface area contributed by atoms with Crippen molar-refractivity contribution in [3.63, 3.8) is 0 Å². The third kappa shape index (κ3) is 3.72. The van der Waals surface area contributed by atoms with E-state index in [1.54, 1.807) is 0 Å². The van der Waals surface area contributed by atoms with Crippen LogP contribution in [0.3, 0.4) is 0 Å². The molecule has 0 bridgehead atoms. The Labute approximate surface area is 178 Å². The fourth-order valence-corrected chi connectivity index (χ4v) is 9.21. The number of aliphatic hydroxyl groups excluding tert-OH is 3. The van der Waals surface area contributed by atoms with Gasteiger partial charge in [-0.15, -0.1) is 0 Å². The molecule has 3 heteroatoms. The Kier molecular flexibility index (Phi) is 6.42. The lowest BCUT2D eigenvalue weighted by Gasteiger charge is -2.62. The third-order valence-electron chi connectivity index (χ3n) is 10.7. The summed E-state index contributed by atoms with van der Waals surface area (Å²) >= 11 is 0. The zero-order valence-electron chi connectivity index (χ0n) is 19.2. The molecule has 0 saturated heterocycles. The van der Waals surface area contributed by atoms with Crippen LogP contribution in [0, 0.1) is 46.3 Å². The molecule has 3 nitrogen and oxygen atoms in total. The molecule has 0 aromatic carbocycles. The van der Waals surface area contributed by atoms with Gasteiger partial charge in [-0.2, -0.15) is 0 Å². The van der Waals surface area contributed by atoms with E-state index >= 15 is 0 Å². The fraction of sp³-hybridized carbons (Fsp3) is 1.00. The molecule has 10 atom stereocenters. The first-order valence-electron chi connectivity index (χ1n) is 12.8. The highest BCUT2D eigenvalue weighted by Crippen LogP contribution is 2.68. The van der Waals surface area contributed by atoms with Crippen LogP contribution in [-0.2, 0) is 0 Å². The maximum Gasteiger partial charge on any atom is 0.0577 e. The van der Waals surface area contributed by atoms with E-state index in [4.69, 9.17) is 5.11 Å². The lowest BCUT2D eigenvalue weighted by atomic mass is 9.44. The van der Waals surface area contributed by atoms with Gasteiger partial charge in [0.25, 0.3) is 0 Å². The summed E-state index contributed by atoms with van der Waals surface area (Å²) in [5.74, 6) is 4.14. The third-order valence-corrected chi connectivity index (χ3v) is 10.7. The van der Waals surface area contributed by atoms with E-state index in [1.807, 2.05) is 0 Å². The van der Waals surface area contributed by atoms with Crippen molar-refractivity contribution < 1.29 is 15.3 Å². The van der Waals surface area contributed by atoms with Crippen molar-refractivity contribution in [1.82, 2.24) is 0 Å². The first kappa shape index (κ1) is 22.1. The second-order valence-electron chi connectivity index (χ2n) is 12.0. The molecule has 0 heterocycles. The zero-order chi connectivity index (χ0) is 20.8. The summed E-state index contributed by atoms with van der Waals surface area (Å²) in [6.07, 6.45) is 13.5. The standard InChI is InChI=1S/C26H46O3/c1-17(7-5-4-6-14-27)20-8-9-21-19-16-24(29)23-15-18(28)10-12-26(23,3)22(19)11-13-25(20,21)2/h17-24,27-29H,4-16H2,1-3H3/t17-,18-,19?,20-,21?,22?,23+,24+,25-,26-/m1/s1. The Morgan fingerprint density at radius 1 is 0.828 bits per heavy atom. The molecule has 4 fully saturated rings. The summed E-state index contributed by atoms with van der Waals surface area (Å²) in [6, 6.07) is 0. The minimum Gasteiger partial charge on any atom is -0.396 e. The van der Waals surface area contributed by atoms with Gasteiger partial charge in [0, 0.05) is 6.61 Å². The summed E-state index contributed by atoms with van der Waals surface area (Å²) < 4.78 is 0. The van der Waals surface area contributed by atoms with Gasteiger partial charge >= 0.3 is 0 Å². The van der Waals surface area contributed by atoms with E-state index in [0.717, 1.165) is 62.2 Å². The maximum atomic E-state index is 11.1. The van der Waals surface area contributed by atoms with Gasteiger partial charge in [-0.3, -0.25) is 0 Å². The Hall–Kier alpha value is -0.120. The lowest BCUT2D eigenvalue weighted by molar-refractivity contribution is -0.172. The van der Waals surface area contributed by atoms with Crippen LogP contribution in [0.2, 0.25) is 0 Å². The van der Waals surface area contributed by atoms with Crippen LogP contribution in [0.4, 0.5) is 0 Å². The molecule has 4 rings (SSSR count). The minimum absolute atomic E-state index is 0.198. The highest BCUT2D eigenvalue weighted by Gasteiger charge is 2.62. The van der Waals surface area contributed by atoms with E-state index in [1.165, 1.54) is 38.5 Å². The first-order chi connectivity index (χ1) is 13.8. The van der Waals surface area contributed by atoms with Crippen molar-refractivity contribution in [2.24, 2.45) is 46.3 Å². The van der Waals surface area contributed by atoms with Gasteiger partial charge in [0.05, 0.1) is 12.2 Å². The van der Waals surface area contributed by atoms with Crippen molar-refractivity contribution in [3.05, 3.63) is 0 Å². The van der Waals surface area contributed by atoms with Gasteiger partial charge in [-0.05, 0) is 104 Å². The van der Waals surface area contributed by atoms with Crippen LogP contribution in [0.25, 0.3) is 0 Å². The molecule has 168 valence electrons. The summed E-state index contributed by atoms with van der Waals surface area (Å²) in [5.41, 5.74) is 0.686. The molecule has 0 spiro atoms. The highest BCUT2D eigenvalue weighted by atomic mass is 16.3. The quantitative estimate of drug-likeness (QED) is 0.534. The lowest BCUT2D eigenvalue weighted by Crippen LogP contribution is -2.58.